The summed E-state index contributed by atoms with van der Waals surface area (Å²) in [6, 6.07) is -18.4. The highest BCUT2D eigenvalue weighted by atomic mass is 32.2. The van der Waals surface area contributed by atoms with Gasteiger partial charge in [-0.1, -0.05) is 53.7 Å². The fourth-order valence-corrected chi connectivity index (χ4v) is 13.5. The van der Waals surface area contributed by atoms with E-state index in [1.54, 1.807) is 26.4 Å². The molecule has 49 nitrogen and oxygen atoms in total. The Morgan fingerprint density at radius 3 is 1.24 bits per heavy atom. The number of hydrogen-bond donors (Lipinski definition) is 29. The average molecular weight is 1900 g/mol. The van der Waals surface area contributed by atoms with Crippen molar-refractivity contribution < 1.29 is 122 Å². The highest BCUT2D eigenvalue weighted by Crippen LogP contribution is 2.17. The number of nitrogens with zero attached hydrogens (tertiary/aromatic N) is 2. The number of H-pyrrole nitrogens is 2. The first-order valence-electron chi connectivity index (χ1n) is 42.5. The number of imidazole rings is 2. The molecule has 0 unspecified atom stereocenters. The lowest BCUT2D eigenvalue weighted by molar-refractivity contribution is -0.142. The lowest BCUT2D eigenvalue weighted by Gasteiger charge is -2.30. The minimum Gasteiger partial charge on any atom is -0.508 e. The number of phenolic OH excluding ortho intramolecular Hbond substituents is 1. The summed E-state index contributed by atoms with van der Waals surface area (Å²) in [6.07, 6.45) is -0.566. The van der Waals surface area contributed by atoms with Gasteiger partial charge in [-0.3, -0.25) is 86.9 Å². The lowest BCUT2D eigenvalue weighted by Crippen LogP contribution is -2.63. The molecular weight excluding hydrogens is 1770 g/mol. The molecule has 736 valence electrons. The molecule has 3 aromatic rings. The van der Waals surface area contributed by atoms with E-state index < -0.39 is 266 Å². The van der Waals surface area contributed by atoms with E-state index in [4.69, 9.17) is 16.9 Å². The third-order valence-electron chi connectivity index (χ3n) is 20.1. The third-order valence-corrected chi connectivity index (χ3v) is 21.4. The van der Waals surface area contributed by atoms with Crippen molar-refractivity contribution in [1.82, 2.24) is 110 Å². The molecule has 0 aliphatic heterocycles. The van der Waals surface area contributed by atoms with Gasteiger partial charge in [0, 0.05) is 56.0 Å². The number of aromatic amines is 2. The van der Waals surface area contributed by atoms with Gasteiger partial charge in [-0.05, 0) is 133 Å². The van der Waals surface area contributed by atoms with Crippen molar-refractivity contribution in [3.63, 3.8) is 0 Å². The van der Waals surface area contributed by atoms with Gasteiger partial charge >= 0.3 is 11.9 Å². The molecule has 0 spiro atoms. The number of aromatic nitrogens is 4. The number of hydrogen-bond acceptors (Lipinski definition) is 29. The van der Waals surface area contributed by atoms with Gasteiger partial charge in [0.25, 0.3) is 0 Å². The van der Waals surface area contributed by atoms with Gasteiger partial charge in [-0.25, -0.2) is 14.8 Å². The largest absolute Gasteiger partial charge is 0.508 e. The monoisotopic (exact) mass is 1900 g/mol. The van der Waals surface area contributed by atoms with Crippen LogP contribution in [0.3, 0.4) is 0 Å². The van der Waals surface area contributed by atoms with E-state index in [0.29, 0.717) is 17.0 Å². The summed E-state index contributed by atoms with van der Waals surface area (Å²) in [5.41, 5.74) is 12.0. The third kappa shape index (κ3) is 41.0. The molecule has 1 aromatic carbocycles. The van der Waals surface area contributed by atoms with Gasteiger partial charge in [0.2, 0.25) is 94.5 Å². The van der Waals surface area contributed by atoms with Crippen LogP contribution in [0.25, 0.3) is 0 Å². The van der Waals surface area contributed by atoms with Crippen molar-refractivity contribution in [3.8, 4) is 5.75 Å². The van der Waals surface area contributed by atoms with Crippen LogP contribution < -0.4 is 102 Å². The number of carboxylic acid groups (broad SMARTS) is 2. The average Bonchev–Trinajstić information content (AvgIpc) is 0.873. The van der Waals surface area contributed by atoms with E-state index in [9.17, 15) is 122 Å². The molecule has 0 fully saturated rings. The first-order valence-corrected chi connectivity index (χ1v) is 45.3. The number of thioether (sulfide) groups is 2. The zero-order chi connectivity index (χ0) is 99.5. The highest BCUT2D eigenvalue weighted by Gasteiger charge is 2.41. The Hall–Kier alpha value is -12.3. The number of aliphatic hydroxyl groups is 4. The molecule has 0 saturated carbocycles. The van der Waals surface area contributed by atoms with Crippen LogP contribution in [0.1, 0.15) is 138 Å². The molecule has 0 saturated heterocycles. The number of carbonyl (C=O) groups excluding carboxylic acids is 16. The zero-order valence-corrected chi connectivity index (χ0v) is 77.4. The maximum atomic E-state index is 14.5. The molecule has 31 N–H and O–H groups in total. The number of carboxylic acids is 2. The van der Waals surface area contributed by atoms with Crippen LogP contribution in [0.5, 0.6) is 5.75 Å². The number of carbonyl (C=O) groups is 18. The first kappa shape index (κ1) is 114. The highest BCUT2D eigenvalue weighted by molar-refractivity contribution is 7.98. The molecule has 19 atom stereocenters. The van der Waals surface area contributed by atoms with Gasteiger partial charge in [0.1, 0.15) is 96.4 Å². The predicted octanol–water partition coefficient (Wildman–Crippen LogP) is -8.17. The van der Waals surface area contributed by atoms with E-state index in [1.807, 2.05) is 0 Å². The number of amides is 16. The molecule has 51 heteroatoms. The van der Waals surface area contributed by atoms with Gasteiger partial charge < -0.3 is 148 Å². The molecule has 0 aliphatic rings. The van der Waals surface area contributed by atoms with Crippen LogP contribution in [0.15, 0.2) is 49.3 Å². The van der Waals surface area contributed by atoms with Gasteiger partial charge in [0.15, 0.2) is 5.96 Å². The summed E-state index contributed by atoms with van der Waals surface area (Å²) in [5, 5.41) is 121. The number of nitrogens with one attached hydrogen (secondary N) is 20. The Kier molecular flexibility index (Phi) is 49.8. The fourth-order valence-electron chi connectivity index (χ4n) is 12.6. The first-order chi connectivity index (χ1) is 62.0. The molecule has 132 heavy (non-hydrogen) atoms. The van der Waals surface area contributed by atoms with E-state index >= 15 is 0 Å². The minimum atomic E-state index is -1.97. The quantitative estimate of drug-likeness (QED) is 0.0142. The van der Waals surface area contributed by atoms with E-state index in [0.717, 1.165) is 20.8 Å². The van der Waals surface area contributed by atoms with Gasteiger partial charge in [-0.15, -0.1) is 0 Å². The number of phenols is 1. The van der Waals surface area contributed by atoms with E-state index in [-0.39, 0.29) is 80.6 Å². The van der Waals surface area contributed by atoms with Crippen molar-refractivity contribution in [2.24, 2.45) is 29.2 Å². The molecule has 0 bridgehead atoms. The van der Waals surface area contributed by atoms with Crippen molar-refractivity contribution in [3.05, 3.63) is 66.3 Å². The Morgan fingerprint density at radius 1 is 0.409 bits per heavy atom. The van der Waals surface area contributed by atoms with Crippen LogP contribution >= 0.6 is 23.5 Å². The van der Waals surface area contributed by atoms with Gasteiger partial charge in [-0.2, -0.15) is 23.5 Å². The molecule has 0 aliphatic carbocycles. The van der Waals surface area contributed by atoms with Crippen LogP contribution in [0, 0.1) is 23.2 Å². The second-order valence-electron chi connectivity index (χ2n) is 32.6. The Morgan fingerprint density at radius 2 is 0.780 bits per heavy atom. The fraction of sp³-hybridized carbons (Fsp3) is 0.617. The SMILES string of the molecule is CSCC[C@H](NC(=O)[C@H](C)NC(=O)[C@H](CCCNC(=N)N)NC(=O)CNC(=O)[C@@H](N)[C@@H](C)O)C(=O)N[C@@H](CC(C)C)C(=O)NCC(=O)N[C@H](C(=O)N[C@@H](Cc1cnc[nH]1)C(=O)N[C@H](C(=O)N[C@@H](CCSC)C(=O)N[C@@H](CCC(=O)O)C(=O)N[C@H](C(=O)N[C@H](C(=O)N[C@H](C(=O)N[C@@H](Cc1ccc(O)cc1)C(=O)N[C@@H](Cc1cnc[nH]1)C(=O)O)C(C)C)[C@@H](C)O)C(C)C)[C@@H](C)O)[C@@H](C)O. The molecule has 2 aromatic heterocycles. The Labute approximate surface area is 770 Å². The predicted molar refractivity (Wildman–Crippen MR) is 479 cm³/mol. The molecule has 16 amide bonds. The Balaban J connectivity index is 1.82. The van der Waals surface area contributed by atoms with E-state index in [1.165, 1.54) is 114 Å². The number of nitrogens with two attached hydrogens (primary N) is 2. The number of benzene rings is 1. The number of guanidine groups is 1. The normalized spacial score (nSPS) is 15.6. The van der Waals surface area contributed by atoms with Crippen LogP contribution in [0.4, 0.5) is 0 Å². The topological polar surface area (TPSA) is 787 Å². The number of rotatable bonds is 60. The maximum absolute atomic E-state index is 14.5. The van der Waals surface area contributed by atoms with E-state index in [2.05, 4.69) is 110 Å². The summed E-state index contributed by atoms with van der Waals surface area (Å²) < 4.78 is 0. The summed E-state index contributed by atoms with van der Waals surface area (Å²) in [4.78, 5) is 261. The maximum Gasteiger partial charge on any atom is 0.326 e. The number of aromatic hydroxyl groups is 1. The standard InChI is InChI=1S/C81H130N24O25S2/c1-37(2)27-53(97-70(119)51(22-25-131-12)94-66(115)40(7)92-68(117)49(15-14-24-87-81(83)84)93-57(111)33-89-74(123)60(82)41(8)106)67(116)88-34-58(112)101-63(42(9)107)77(126)99-55(29-46-31-85-35-90-46)73(122)104-64(43(10)108)78(127)96-52(23-26-132-13)69(118)95-50(20-21-59(113)114)71(120)102-62(39(5)6)76(125)105-65(44(11)109)79(128)103-61(38(3)4)75(124)98-54(28-45-16-18-48(110)19-17-45)72(121)100-56(80(129)130)30-47-32-86-36-91-47/h16-19,31-32,35-44,49-56,60-65,106-110H,14-15,20-30,33-34,82H2,1-13H3,(H,85,90)(H,86,91)(H,88,116)(H,89,123)(H,92,117)(H,93,111)(H,94,115)(H,95,118)(H,96,127)(H,97,119)(H,98,124)(H,99,126)(H,100,121)(H,101,112)(H,102,120)(H,103,128)(H,104,122)(H,105,125)(H,113,114)(H,129,130)(H4,83,84,87)/t40-,41+,42+,43+,44+,49-,50-,51-,52-,53-,54-,55-,56-,60-,61-,62-,63-,64-,65-/m0/s1. The van der Waals surface area contributed by atoms with Crippen LogP contribution in [0.2, 0.25) is 0 Å². The molecule has 3 rings (SSSR count). The Bertz CT molecular complexity index is 4340. The molecule has 2 heterocycles. The number of aliphatic hydroxyl groups excluding tert-OH is 4. The van der Waals surface area contributed by atoms with Gasteiger partial charge in [0.05, 0.1) is 50.2 Å². The second-order valence-corrected chi connectivity index (χ2v) is 34.5. The summed E-state index contributed by atoms with van der Waals surface area (Å²) in [6.45, 7) is 13.8. The van der Waals surface area contributed by atoms with Crippen LogP contribution in [-0.2, 0) is 106 Å². The van der Waals surface area contributed by atoms with Crippen molar-refractivity contribution in [1.29, 1.82) is 5.41 Å². The summed E-state index contributed by atoms with van der Waals surface area (Å²) in [7, 11) is 0. The summed E-state index contributed by atoms with van der Waals surface area (Å²) in [5.74, 6) is -21.4. The number of aliphatic carboxylic acids is 2. The summed E-state index contributed by atoms with van der Waals surface area (Å²) >= 11 is 2.49. The zero-order valence-electron chi connectivity index (χ0n) is 75.8. The smallest absolute Gasteiger partial charge is 0.326 e. The lowest BCUT2D eigenvalue weighted by atomic mass is 9.99. The minimum absolute atomic E-state index is 0.00685. The second kappa shape index (κ2) is 57.8. The van der Waals surface area contributed by atoms with Crippen molar-refractivity contribution in [2.75, 3.05) is 43.7 Å². The van der Waals surface area contributed by atoms with Crippen molar-refractivity contribution >= 4 is 136 Å². The molecular formula is C81H130N24O25S2. The molecule has 0 radical (unpaired) electrons. The van der Waals surface area contributed by atoms with Crippen molar-refractivity contribution in [2.45, 2.75) is 255 Å². The van der Waals surface area contributed by atoms with Crippen LogP contribution in [-0.4, -0.2) is 327 Å².